The number of hydrogen-bond acceptors (Lipinski definition) is 5. The molecule has 0 amide bonds. The fourth-order valence-corrected chi connectivity index (χ4v) is 3.85. The summed E-state index contributed by atoms with van der Waals surface area (Å²) in [6.45, 7) is 1.43. The molecule has 0 saturated heterocycles. The van der Waals surface area contributed by atoms with Crippen LogP contribution in [0.2, 0.25) is 0 Å². The van der Waals surface area contributed by atoms with Crippen molar-refractivity contribution in [1.82, 2.24) is 9.97 Å². The molecule has 274 valence electrons. The van der Waals surface area contributed by atoms with Crippen LogP contribution < -0.4 is 4.74 Å². The van der Waals surface area contributed by atoms with Gasteiger partial charge in [-0.3, -0.25) is 0 Å². The van der Waals surface area contributed by atoms with Gasteiger partial charge in [0.1, 0.15) is 5.75 Å². The van der Waals surface area contributed by atoms with Gasteiger partial charge in [0.25, 0.3) is 0 Å². The fraction of sp³-hybridized carbons (Fsp3) is 0.643. The van der Waals surface area contributed by atoms with Gasteiger partial charge in [0.05, 0.1) is 6.61 Å². The molecule has 5 nitrogen and oxygen atoms in total. The van der Waals surface area contributed by atoms with Gasteiger partial charge in [0.2, 0.25) is 0 Å². The Kier molecular flexibility index (Phi) is 13.4. The van der Waals surface area contributed by atoms with Crippen LogP contribution in [0.4, 0.5) is 65.9 Å². The first-order valence-electron chi connectivity index (χ1n) is 14.2. The lowest BCUT2D eigenvalue weighted by Crippen LogP contribution is -2.64. The van der Waals surface area contributed by atoms with Crippen molar-refractivity contribution in [1.29, 1.82) is 0 Å². The molecule has 2 rings (SSSR count). The molecule has 0 spiro atoms. The lowest BCUT2D eigenvalue weighted by Gasteiger charge is -2.36. The number of hydrogen-bond donors (Lipinski definition) is 0. The number of ether oxygens (including phenoxy) is 3. The third kappa shape index (κ3) is 10.5. The average molecular weight is 727 g/mol. The molecular formula is C28H29F15N2O3. The van der Waals surface area contributed by atoms with Crippen LogP contribution in [0.1, 0.15) is 63.9 Å². The smallest absolute Gasteiger partial charge is 0.460 e. The first-order chi connectivity index (χ1) is 21.9. The molecule has 1 aromatic heterocycles. The monoisotopic (exact) mass is 726 g/mol. The van der Waals surface area contributed by atoms with E-state index < -0.39 is 61.9 Å². The van der Waals surface area contributed by atoms with Crippen LogP contribution in [0.15, 0.2) is 36.7 Å². The minimum Gasteiger partial charge on any atom is -0.494 e. The third-order valence-electron chi connectivity index (χ3n) is 6.51. The standard InChI is InChI=1S/C28H29F15N2O3/c1-2-3-4-5-6-7-9-18-16-44-21(45-17-18)19-10-12-20(13-11-19)46-15-8-14-22(29,30)47-27(40,41)28(42,43)48-26(38,39)24(33,34)23(31,32)25(35,36)37/h10-13,16-17H,2-9,14-15H2,1H3. The second kappa shape index (κ2) is 15.7. The normalized spacial score (nSPS) is 14.0. The molecule has 20 heteroatoms. The largest absolute Gasteiger partial charge is 0.494 e. The van der Waals surface area contributed by atoms with Gasteiger partial charge in [-0.25, -0.2) is 19.4 Å². The molecule has 0 unspecified atom stereocenters. The Balaban J connectivity index is 1.90. The Hall–Kier alpha value is -3.03. The van der Waals surface area contributed by atoms with Crippen molar-refractivity contribution >= 4 is 0 Å². The molecule has 0 aliphatic heterocycles. The highest BCUT2D eigenvalue weighted by atomic mass is 19.4. The summed E-state index contributed by atoms with van der Waals surface area (Å²) >= 11 is 0. The lowest BCUT2D eigenvalue weighted by atomic mass is 10.1. The van der Waals surface area contributed by atoms with Crippen molar-refractivity contribution in [2.45, 2.75) is 107 Å². The maximum Gasteiger partial charge on any atom is 0.460 e. The van der Waals surface area contributed by atoms with Crippen LogP contribution >= 0.6 is 0 Å². The lowest BCUT2D eigenvalue weighted by molar-refractivity contribution is -0.542. The van der Waals surface area contributed by atoms with Gasteiger partial charge in [-0.1, -0.05) is 39.0 Å². The summed E-state index contributed by atoms with van der Waals surface area (Å²) in [4.78, 5) is 8.56. The maximum atomic E-state index is 13.8. The third-order valence-corrected chi connectivity index (χ3v) is 6.51. The van der Waals surface area contributed by atoms with E-state index in [9.17, 15) is 65.9 Å². The number of benzene rings is 1. The summed E-state index contributed by atoms with van der Waals surface area (Å²) in [5, 5.41) is 0. The highest BCUT2D eigenvalue weighted by Gasteiger charge is 2.85. The molecule has 0 aliphatic rings. The van der Waals surface area contributed by atoms with Gasteiger partial charge < -0.3 is 4.74 Å². The minimum atomic E-state index is -7.90. The van der Waals surface area contributed by atoms with Crippen LogP contribution in [0.5, 0.6) is 5.75 Å². The van der Waals surface area contributed by atoms with Crippen molar-refractivity contribution in [3.63, 3.8) is 0 Å². The summed E-state index contributed by atoms with van der Waals surface area (Å²) < 4.78 is 206. The second-order valence-corrected chi connectivity index (χ2v) is 10.4. The van der Waals surface area contributed by atoms with E-state index in [1.54, 1.807) is 17.1 Å². The van der Waals surface area contributed by atoms with Crippen LogP contribution in [0, 0.1) is 0 Å². The van der Waals surface area contributed by atoms with Crippen molar-refractivity contribution in [2.24, 2.45) is 0 Å². The molecule has 1 aromatic carbocycles. The topological polar surface area (TPSA) is 53.5 Å². The van der Waals surface area contributed by atoms with Gasteiger partial charge >= 0.3 is 42.5 Å². The molecule has 0 N–H and O–H groups in total. The minimum absolute atomic E-state index is 0.0479. The molecule has 0 saturated carbocycles. The van der Waals surface area contributed by atoms with Crippen LogP contribution in [-0.2, 0) is 15.9 Å². The van der Waals surface area contributed by atoms with E-state index in [1.807, 2.05) is 0 Å². The van der Waals surface area contributed by atoms with E-state index in [-0.39, 0.29) is 5.75 Å². The van der Waals surface area contributed by atoms with Gasteiger partial charge in [-0.15, -0.1) is 0 Å². The Bertz CT molecular complexity index is 1270. The van der Waals surface area contributed by atoms with Crippen LogP contribution in [0.25, 0.3) is 11.4 Å². The fourth-order valence-electron chi connectivity index (χ4n) is 3.85. The number of alkyl halides is 15. The molecule has 0 atom stereocenters. The molecule has 48 heavy (non-hydrogen) atoms. The molecule has 2 aromatic rings. The van der Waals surface area contributed by atoms with E-state index >= 15 is 0 Å². The number of nitrogens with zero attached hydrogens (tertiary/aromatic N) is 2. The Morgan fingerprint density at radius 1 is 0.583 bits per heavy atom. The highest BCUT2D eigenvalue weighted by Crippen LogP contribution is 2.56. The maximum absolute atomic E-state index is 13.8. The Labute approximate surface area is 263 Å². The van der Waals surface area contributed by atoms with Crippen molar-refractivity contribution in [3.05, 3.63) is 42.2 Å². The first kappa shape index (κ1) is 41.1. The Morgan fingerprint density at radius 2 is 1.10 bits per heavy atom. The van der Waals surface area contributed by atoms with Crippen LogP contribution in [0.3, 0.4) is 0 Å². The van der Waals surface area contributed by atoms with Crippen molar-refractivity contribution < 1.29 is 80.1 Å². The Morgan fingerprint density at radius 3 is 1.65 bits per heavy atom. The summed E-state index contributed by atoms with van der Waals surface area (Å²) in [6, 6.07) is 5.67. The summed E-state index contributed by atoms with van der Waals surface area (Å²) in [5.41, 5.74) is 1.47. The number of aromatic nitrogens is 2. The summed E-state index contributed by atoms with van der Waals surface area (Å²) in [6.07, 6.45) is -26.7. The van der Waals surface area contributed by atoms with E-state index in [0.29, 0.717) is 11.4 Å². The van der Waals surface area contributed by atoms with E-state index in [1.165, 1.54) is 37.1 Å². The van der Waals surface area contributed by atoms with Gasteiger partial charge in [-0.05, 0) is 49.1 Å². The zero-order valence-electron chi connectivity index (χ0n) is 24.8. The molecule has 0 aliphatic carbocycles. The average Bonchev–Trinajstić information content (AvgIpc) is 2.96. The summed E-state index contributed by atoms with van der Waals surface area (Å²) in [5.74, 6) is -15.3. The second-order valence-electron chi connectivity index (χ2n) is 10.4. The van der Waals surface area contributed by atoms with Crippen molar-refractivity contribution in [2.75, 3.05) is 6.61 Å². The number of halogens is 15. The quantitative estimate of drug-likeness (QED) is 0.100. The summed E-state index contributed by atoms with van der Waals surface area (Å²) in [7, 11) is 0. The molecule has 1 heterocycles. The molecule has 0 bridgehead atoms. The predicted molar refractivity (Wildman–Crippen MR) is 137 cm³/mol. The number of unbranched alkanes of at least 4 members (excludes halogenated alkanes) is 5. The first-order valence-corrected chi connectivity index (χ1v) is 14.2. The predicted octanol–water partition coefficient (Wildman–Crippen LogP) is 10.4. The van der Waals surface area contributed by atoms with Gasteiger partial charge in [0.15, 0.2) is 5.82 Å². The van der Waals surface area contributed by atoms with E-state index in [2.05, 4.69) is 21.6 Å². The van der Waals surface area contributed by atoms with Gasteiger partial charge in [-0.2, -0.15) is 65.9 Å². The zero-order chi connectivity index (χ0) is 36.7. The number of rotatable bonds is 20. The van der Waals surface area contributed by atoms with Crippen LogP contribution in [-0.4, -0.2) is 59.0 Å². The van der Waals surface area contributed by atoms with E-state index in [4.69, 9.17) is 4.74 Å². The van der Waals surface area contributed by atoms with Gasteiger partial charge in [0, 0.05) is 24.4 Å². The molecular weight excluding hydrogens is 697 g/mol. The molecule has 0 radical (unpaired) electrons. The molecule has 0 fully saturated rings. The number of aryl methyl sites for hydroxylation is 1. The SMILES string of the molecule is CCCCCCCCc1cnc(-c2ccc(OCCCC(F)(F)OC(F)(F)C(F)(F)OC(F)(F)C(F)(F)C(F)(F)C(F)(F)F)cc2)nc1. The zero-order valence-corrected chi connectivity index (χ0v) is 24.8. The van der Waals surface area contributed by atoms with E-state index in [0.717, 1.165) is 37.7 Å². The highest BCUT2D eigenvalue weighted by molar-refractivity contribution is 5.55. The van der Waals surface area contributed by atoms with Crippen molar-refractivity contribution in [3.8, 4) is 17.1 Å².